The van der Waals surface area contributed by atoms with Gasteiger partial charge in [-0.2, -0.15) is 0 Å². The molecule has 1 aromatic rings. The number of nitrogens with zero attached hydrogens (tertiary/aromatic N) is 1. The van der Waals surface area contributed by atoms with Crippen molar-refractivity contribution >= 4 is 11.3 Å². The van der Waals surface area contributed by atoms with Crippen molar-refractivity contribution in [3.05, 3.63) is 16.1 Å². The number of nitrogens with one attached hydrogen (secondary N) is 1. The first-order chi connectivity index (χ1) is 7.29. The Morgan fingerprint density at radius 2 is 2.60 bits per heavy atom. The van der Waals surface area contributed by atoms with Gasteiger partial charge in [0, 0.05) is 36.8 Å². The highest BCUT2D eigenvalue weighted by atomic mass is 32.1. The van der Waals surface area contributed by atoms with Gasteiger partial charge in [-0.3, -0.25) is 0 Å². The highest BCUT2D eigenvalue weighted by Crippen LogP contribution is 2.24. The fraction of sp³-hybridized carbons (Fsp3) is 0.727. The fourth-order valence-electron chi connectivity index (χ4n) is 1.75. The van der Waals surface area contributed by atoms with E-state index in [4.69, 9.17) is 4.74 Å². The summed E-state index contributed by atoms with van der Waals surface area (Å²) in [6, 6.07) is 0.413. The number of thiazole rings is 1. The molecule has 3 nitrogen and oxygen atoms in total. The van der Waals surface area contributed by atoms with E-state index in [9.17, 15) is 0 Å². The van der Waals surface area contributed by atoms with Crippen LogP contribution in [0.3, 0.4) is 0 Å². The normalized spacial score (nSPS) is 23.2. The number of hydrogen-bond acceptors (Lipinski definition) is 4. The molecule has 1 saturated heterocycles. The first-order valence-electron chi connectivity index (χ1n) is 5.49. The number of hydrogen-bond donors (Lipinski definition) is 1. The second kappa shape index (κ2) is 5.05. The van der Waals surface area contributed by atoms with Crippen LogP contribution in [0.15, 0.2) is 6.20 Å². The van der Waals surface area contributed by atoms with Gasteiger partial charge in [0.05, 0.1) is 5.01 Å². The molecule has 2 unspecified atom stereocenters. The van der Waals surface area contributed by atoms with Crippen LogP contribution < -0.4 is 5.32 Å². The molecule has 0 aliphatic carbocycles. The second-order valence-electron chi connectivity index (χ2n) is 4.10. The molecule has 1 aliphatic heterocycles. The Morgan fingerprint density at radius 3 is 3.27 bits per heavy atom. The number of ether oxygens (including phenoxy) is 1. The lowest BCUT2D eigenvalue weighted by Crippen LogP contribution is -2.10. The van der Waals surface area contributed by atoms with E-state index in [0.717, 1.165) is 19.6 Å². The summed E-state index contributed by atoms with van der Waals surface area (Å²) >= 11 is 1.82. The highest BCUT2D eigenvalue weighted by molar-refractivity contribution is 7.11. The second-order valence-corrected chi connectivity index (χ2v) is 5.25. The van der Waals surface area contributed by atoms with Gasteiger partial charge >= 0.3 is 0 Å². The zero-order valence-electron chi connectivity index (χ0n) is 9.32. The van der Waals surface area contributed by atoms with Gasteiger partial charge < -0.3 is 10.1 Å². The van der Waals surface area contributed by atoms with Crippen LogP contribution in [0.2, 0.25) is 0 Å². The largest absolute Gasteiger partial charge is 0.381 e. The molecule has 4 heteroatoms. The molecule has 0 bridgehead atoms. The van der Waals surface area contributed by atoms with Crippen molar-refractivity contribution in [1.29, 1.82) is 0 Å². The molecule has 1 aromatic heterocycles. The molecule has 84 valence electrons. The molecule has 1 aliphatic rings. The molecule has 1 N–H and O–H groups in total. The highest BCUT2D eigenvalue weighted by Gasteiger charge is 2.18. The Bertz CT molecular complexity index is 307. The summed E-state index contributed by atoms with van der Waals surface area (Å²) < 4.78 is 5.37. The van der Waals surface area contributed by atoms with Gasteiger partial charge in [-0.1, -0.05) is 0 Å². The van der Waals surface area contributed by atoms with Crippen molar-refractivity contribution in [3.8, 4) is 0 Å². The molecule has 2 atom stereocenters. The summed E-state index contributed by atoms with van der Waals surface area (Å²) in [5.41, 5.74) is 0. The van der Waals surface area contributed by atoms with E-state index in [0.29, 0.717) is 12.0 Å². The predicted octanol–water partition coefficient (Wildman–Crippen LogP) is 2.00. The Balaban J connectivity index is 1.94. The van der Waals surface area contributed by atoms with E-state index >= 15 is 0 Å². The van der Waals surface area contributed by atoms with E-state index in [1.54, 1.807) is 0 Å². The van der Waals surface area contributed by atoms with E-state index in [1.165, 1.54) is 16.3 Å². The summed E-state index contributed by atoms with van der Waals surface area (Å²) in [4.78, 5) is 5.80. The first-order valence-corrected chi connectivity index (χ1v) is 6.31. The lowest BCUT2D eigenvalue weighted by atomic mass is 10.1. The molecular weight excluding hydrogens is 208 g/mol. The zero-order valence-corrected chi connectivity index (χ0v) is 10.1. The molecular formula is C11H18N2OS. The van der Waals surface area contributed by atoms with E-state index in [-0.39, 0.29) is 0 Å². The Hall–Kier alpha value is -0.450. The lowest BCUT2D eigenvalue weighted by molar-refractivity contribution is 0.186. The van der Waals surface area contributed by atoms with Crippen molar-refractivity contribution in [2.45, 2.75) is 25.8 Å². The van der Waals surface area contributed by atoms with Crippen molar-refractivity contribution in [1.82, 2.24) is 10.3 Å². The molecule has 0 spiro atoms. The van der Waals surface area contributed by atoms with Gasteiger partial charge in [-0.25, -0.2) is 4.98 Å². The van der Waals surface area contributed by atoms with Crippen LogP contribution in [0, 0.1) is 5.92 Å². The van der Waals surface area contributed by atoms with Crippen LogP contribution in [0.25, 0.3) is 0 Å². The Morgan fingerprint density at radius 1 is 1.73 bits per heavy atom. The molecule has 0 amide bonds. The molecule has 1 fully saturated rings. The van der Waals surface area contributed by atoms with Crippen molar-refractivity contribution in [2.75, 3.05) is 20.3 Å². The van der Waals surface area contributed by atoms with Gasteiger partial charge in [0.25, 0.3) is 0 Å². The van der Waals surface area contributed by atoms with Gasteiger partial charge in [0.1, 0.15) is 0 Å². The topological polar surface area (TPSA) is 34.2 Å². The summed E-state index contributed by atoms with van der Waals surface area (Å²) in [5, 5.41) is 4.49. The summed E-state index contributed by atoms with van der Waals surface area (Å²) in [5.74, 6) is 0.689. The fourth-order valence-corrected chi connectivity index (χ4v) is 2.85. The summed E-state index contributed by atoms with van der Waals surface area (Å²) in [6.45, 7) is 4.00. The van der Waals surface area contributed by atoms with Crippen LogP contribution in [0.5, 0.6) is 0 Å². The number of rotatable bonds is 4. The first kappa shape index (κ1) is 11.0. The standard InChI is InChI=1S/C11H18N2OS/c1-8(12-2)10-6-13-11(15-10)5-9-3-4-14-7-9/h6,8-9,12H,3-5,7H2,1-2H3. The summed E-state index contributed by atoms with van der Waals surface area (Å²) in [7, 11) is 1.98. The van der Waals surface area contributed by atoms with Gasteiger partial charge in [-0.05, 0) is 26.3 Å². The smallest absolute Gasteiger partial charge is 0.0931 e. The van der Waals surface area contributed by atoms with Gasteiger partial charge in [0.15, 0.2) is 0 Å². The van der Waals surface area contributed by atoms with Gasteiger partial charge in [-0.15, -0.1) is 11.3 Å². The third-order valence-corrected chi connectivity index (χ3v) is 4.12. The minimum Gasteiger partial charge on any atom is -0.381 e. The van der Waals surface area contributed by atoms with Crippen LogP contribution in [-0.4, -0.2) is 25.2 Å². The van der Waals surface area contributed by atoms with Crippen molar-refractivity contribution in [3.63, 3.8) is 0 Å². The maximum atomic E-state index is 5.37. The molecule has 15 heavy (non-hydrogen) atoms. The van der Waals surface area contributed by atoms with Crippen LogP contribution in [0.4, 0.5) is 0 Å². The van der Waals surface area contributed by atoms with E-state index in [1.807, 2.05) is 24.6 Å². The van der Waals surface area contributed by atoms with E-state index < -0.39 is 0 Å². The van der Waals surface area contributed by atoms with Crippen molar-refractivity contribution < 1.29 is 4.74 Å². The Labute approximate surface area is 94.9 Å². The molecule has 0 saturated carbocycles. The van der Waals surface area contributed by atoms with E-state index in [2.05, 4.69) is 17.2 Å². The van der Waals surface area contributed by atoms with Crippen LogP contribution in [-0.2, 0) is 11.2 Å². The Kier molecular flexibility index (Phi) is 3.72. The average molecular weight is 226 g/mol. The van der Waals surface area contributed by atoms with Crippen LogP contribution in [0.1, 0.15) is 29.3 Å². The minimum absolute atomic E-state index is 0.413. The zero-order chi connectivity index (χ0) is 10.7. The third-order valence-electron chi connectivity index (χ3n) is 2.92. The SMILES string of the molecule is CNC(C)c1cnc(CC2CCOC2)s1. The third kappa shape index (κ3) is 2.77. The molecule has 0 radical (unpaired) electrons. The van der Waals surface area contributed by atoms with Crippen molar-refractivity contribution in [2.24, 2.45) is 5.92 Å². The minimum atomic E-state index is 0.413. The monoisotopic (exact) mass is 226 g/mol. The van der Waals surface area contributed by atoms with Crippen LogP contribution >= 0.6 is 11.3 Å². The quantitative estimate of drug-likeness (QED) is 0.852. The average Bonchev–Trinajstić information content (AvgIpc) is 2.88. The van der Waals surface area contributed by atoms with Gasteiger partial charge in [0.2, 0.25) is 0 Å². The molecule has 2 heterocycles. The maximum absolute atomic E-state index is 5.37. The maximum Gasteiger partial charge on any atom is 0.0931 e. The predicted molar refractivity (Wildman–Crippen MR) is 62.2 cm³/mol. The number of aromatic nitrogens is 1. The molecule has 0 aromatic carbocycles. The summed E-state index contributed by atoms with van der Waals surface area (Å²) in [6.07, 6.45) is 4.27. The molecule has 2 rings (SSSR count). The lowest BCUT2D eigenvalue weighted by Gasteiger charge is -2.05.